The van der Waals surface area contributed by atoms with Crippen molar-refractivity contribution in [1.82, 2.24) is 20.1 Å². The second-order valence-corrected chi connectivity index (χ2v) is 8.31. The van der Waals surface area contributed by atoms with Gasteiger partial charge in [-0.15, -0.1) is 0 Å². The summed E-state index contributed by atoms with van der Waals surface area (Å²) in [6, 6.07) is 6.47. The van der Waals surface area contributed by atoms with Gasteiger partial charge in [0.2, 0.25) is 11.8 Å². The number of nitrogens with zero attached hydrogens (tertiary/aromatic N) is 3. The molecule has 164 valence electrons. The van der Waals surface area contributed by atoms with Crippen LogP contribution in [0.4, 0.5) is 13.2 Å². The number of amides is 1. The summed E-state index contributed by atoms with van der Waals surface area (Å²) in [5.74, 6) is 0.402. The van der Waals surface area contributed by atoms with Crippen molar-refractivity contribution < 1.29 is 22.4 Å². The maximum Gasteiger partial charge on any atom is 0.405 e. The topological polar surface area (TPSA) is 61.6 Å². The van der Waals surface area contributed by atoms with Crippen LogP contribution in [-0.4, -0.2) is 66.1 Å². The summed E-state index contributed by atoms with van der Waals surface area (Å²) in [4.78, 5) is 20.5. The molecule has 0 aliphatic carbocycles. The molecule has 1 aliphatic rings. The molecule has 0 radical (unpaired) electrons. The Balaban J connectivity index is 1.74. The third-order valence-electron chi connectivity index (χ3n) is 5.36. The fraction of sp³-hybridized carbons (Fsp3) is 0.500. The van der Waals surface area contributed by atoms with Gasteiger partial charge in [-0.25, -0.2) is 4.98 Å². The van der Waals surface area contributed by atoms with Crippen molar-refractivity contribution in [2.75, 3.05) is 33.2 Å². The van der Waals surface area contributed by atoms with Gasteiger partial charge in [0.25, 0.3) is 0 Å². The van der Waals surface area contributed by atoms with E-state index in [2.05, 4.69) is 4.98 Å². The number of hydrogen-bond acceptors (Lipinski definition) is 5. The van der Waals surface area contributed by atoms with E-state index >= 15 is 0 Å². The van der Waals surface area contributed by atoms with Gasteiger partial charge in [-0.3, -0.25) is 14.6 Å². The van der Waals surface area contributed by atoms with Crippen molar-refractivity contribution in [3.05, 3.63) is 41.4 Å². The predicted octanol–water partition coefficient (Wildman–Crippen LogP) is 3.52. The van der Waals surface area contributed by atoms with Gasteiger partial charge >= 0.3 is 6.18 Å². The summed E-state index contributed by atoms with van der Waals surface area (Å²) in [7, 11) is 1.73. The Kier molecular flexibility index (Phi) is 6.45. The molecule has 1 saturated heterocycles. The zero-order chi connectivity index (χ0) is 22.1. The molecule has 6 nitrogen and oxygen atoms in total. The Labute approximate surface area is 178 Å². The normalized spacial score (nSPS) is 19.1. The highest BCUT2D eigenvalue weighted by Crippen LogP contribution is 2.32. The van der Waals surface area contributed by atoms with Crippen LogP contribution >= 0.6 is 11.6 Å². The lowest BCUT2D eigenvalue weighted by molar-refractivity contribution is -0.143. The molecular weight excluding hydrogens is 421 g/mol. The SMILES string of the molecule is CN1CCN(C(C)(C)c2ncc(-c3ccc(Cl)cc3)o2)C[C@H]1C(=O)NCC(F)(F)F. The smallest absolute Gasteiger partial charge is 0.405 e. The Bertz CT molecular complexity index is 883. The summed E-state index contributed by atoms with van der Waals surface area (Å²) in [5, 5.41) is 2.60. The van der Waals surface area contributed by atoms with Crippen LogP contribution in [0.2, 0.25) is 5.02 Å². The van der Waals surface area contributed by atoms with E-state index in [1.165, 1.54) is 0 Å². The monoisotopic (exact) mass is 444 g/mol. The van der Waals surface area contributed by atoms with Crippen molar-refractivity contribution in [3.8, 4) is 11.3 Å². The van der Waals surface area contributed by atoms with Gasteiger partial charge in [0, 0.05) is 30.2 Å². The summed E-state index contributed by atoms with van der Waals surface area (Å²) in [5.41, 5.74) is 0.172. The number of rotatable bonds is 5. The van der Waals surface area contributed by atoms with Gasteiger partial charge < -0.3 is 9.73 Å². The van der Waals surface area contributed by atoms with E-state index in [-0.39, 0.29) is 6.54 Å². The number of nitrogens with one attached hydrogen (secondary N) is 1. The number of oxazole rings is 1. The zero-order valence-electron chi connectivity index (χ0n) is 17.0. The first-order chi connectivity index (χ1) is 14.0. The molecule has 1 aliphatic heterocycles. The molecule has 1 amide bonds. The van der Waals surface area contributed by atoms with Crippen molar-refractivity contribution in [1.29, 1.82) is 0 Å². The highest BCUT2D eigenvalue weighted by Gasteiger charge is 2.41. The second-order valence-electron chi connectivity index (χ2n) is 7.87. The number of piperazine rings is 1. The van der Waals surface area contributed by atoms with E-state index in [1.807, 2.05) is 36.2 Å². The minimum atomic E-state index is -4.45. The second kappa shape index (κ2) is 8.56. The highest BCUT2D eigenvalue weighted by molar-refractivity contribution is 6.30. The summed E-state index contributed by atoms with van der Waals surface area (Å²) in [6.07, 6.45) is -2.82. The highest BCUT2D eigenvalue weighted by atomic mass is 35.5. The van der Waals surface area contributed by atoms with Crippen molar-refractivity contribution in [2.24, 2.45) is 0 Å². The molecule has 10 heteroatoms. The number of halogens is 4. The van der Waals surface area contributed by atoms with E-state index in [0.29, 0.717) is 29.8 Å². The van der Waals surface area contributed by atoms with Crippen LogP contribution in [0.3, 0.4) is 0 Å². The van der Waals surface area contributed by atoms with Crippen LogP contribution in [-0.2, 0) is 10.3 Å². The quantitative estimate of drug-likeness (QED) is 0.764. The molecule has 1 fully saturated rings. The maximum atomic E-state index is 12.5. The molecule has 30 heavy (non-hydrogen) atoms. The number of carbonyl (C=O) groups excluding carboxylic acids is 1. The van der Waals surface area contributed by atoms with E-state index in [1.54, 1.807) is 30.3 Å². The Morgan fingerprint density at radius 1 is 1.27 bits per heavy atom. The van der Waals surface area contributed by atoms with Crippen LogP contribution in [0.25, 0.3) is 11.3 Å². The van der Waals surface area contributed by atoms with E-state index in [4.69, 9.17) is 16.0 Å². The molecule has 0 saturated carbocycles. The maximum absolute atomic E-state index is 12.5. The average molecular weight is 445 g/mol. The lowest BCUT2D eigenvalue weighted by Crippen LogP contribution is -2.61. The fourth-order valence-electron chi connectivity index (χ4n) is 3.41. The molecule has 1 atom stereocenters. The van der Waals surface area contributed by atoms with Gasteiger partial charge in [-0.05, 0) is 45.2 Å². The zero-order valence-corrected chi connectivity index (χ0v) is 17.7. The molecule has 1 aromatic carbocycles. The largest absolute Gasteiger partial charge is 0.439 e. The van der Waals surface area contributed by atoms with Crippen LogP contribution in [0.1, 0.15) is 19.7 Å². The van der Waals surface area contributed by atoms with Gasteiger partial charge in [-0.1, -0.05) is 11.6 Å². The van der Waals surface area contributed by atoms with Gasteiger partial charge in [-0.2, -0.15) is 13.2 Å². The number of carbonyl (C=O) groups is 1. The molecule has 1 N–H and O–H groups in total. The summed E-state index contributed by atoms with van der Waals surface area (Å²) in [6.45, 7) is 3.89. The Morgan fingerprint density at radius 2 is 1.93 bits per heavy atom. The Hall–Kier alpha value is -2.10. The number of benzene rings is 1. The van der Waals surface area contributed by atoms with Crippen LogP contribution < -0.4 is 5.32 Å². The molecule has 1 aromatic heterocycles. The van der Waals surface area contributed by atoms with Crippen molar-refractivity contribution in [3.63, 3.8) is 0 Å². The molecule has 2 heterocycles. The third kappa shape index (κ3) is 5.14. The molecule has 0 unspecified atom stereocenters. The average Bonchev–Trinajstić information content (AvgIpc) is 3.17. The third-order valence-corrected chi connectivity index (χ3v) is 5.61. The van der Waals surface area contributed by atoms with Gasteiger partial charge in [0.15, 0.2) is 5.76 Å². The minimum Gasteiger partial charge on any atom is -0.439 e. The van der Waals surface area contributed by atoms with Gasteiger partial charge in [0.1, 0.15) is 12.6 Å². The van der Waals surface area contributed by atoms with Crippen LogP contribution in [0, 0.1) is 0 Å². The number of hydrogen-bond donors (Lipinski definition) is 1. The number of likely N-dealkylation sites (N-methyl/N-ethyl adjacent to an activating group) is 1. The lowest BCUT2D eigenvalue weighted by atomic mass is 9.99. The molecular formula is C20H24ClF3N4O2. The van der Waals surface area contributed by atoms with Crippen molar-refractivity contribution >= 4 is 17.5 Å². The first kappa shape index (κ1) is 22.6. The first-order valence-electron chi connectivity index (χ1n) is 9.49. The van der Waals surface area contributed by atoms with E-state index in [0.717, 1.165) is 5.56 Å². The molecule has 2 aromatic rings. The standard InChI is InChI=1S/C20H24ClF3N4O2/c1-19(2,18-25-10-16(30-18)13-4-6-14(21)7-5-13)28-9-8-27(3)15(11-28)17(29)26-12-20(22,23)24/h4-7,10,15H,8-9,11-12H2,1-3H3,(H,26,29)/t15-/m0/s1. The predicted molar refractivity (Wildman–Crippen MR) is 107 cm³/mol. The van der Waals surface area contributed by atoms with Crippen molar-refractivity contribution in [2.45, 2.75) is 31.6 Å². The molecule has 3 rings (SSSR count). The van der Waals surface area contributed by atoms with Crippen LogP contribution in [0.5, 0.6) is 0 Å². The number of alkyl halides is 3. The number of aromatic nitrogens is 1. The first-order valence-corrected chi connectivity index (χ1v) is 9.87. The molecule has 0 spiro atoms. The van der Waals surface area contributed by atoms with E-state index < -0.39 is 30.2 Å². The Morgan fingerprint density at radius 3 is 2.57 bits per heavy atom. The molecule has 0 bridgehead atoms. The van der Waals surface area contributed by atoms with Gasteiger partial charge in [0.05, 0.1) is 11.7 Å². The minimum absolute atomic E-state index is 0.256. The lowest BCUT2D eigenvalue weighted by Gasteiger charge is -2.44. The summed E-state index contributed by atoms with van der Waals surface area (Å²) < 4.78 is 43.4. The fourth-order valence-corrected chi connectivity index (χ4v) is 3.54. The van der Waals surface area contributed by atoms with Crippen LogP contribution in [0.15, 0.2) is 34.9 Å². The van der Waals surface area contributed by atoms with E-state index in [9.17, 15) is 18.0 Å². The summed E-state index contributed by atoms with van der Waals surface area (Å²) >= 11 is 5.92.